The Morgan fingerprint density at radius 3 is 3.12 bits per heavy atom. The van der Waals surface area contributed by atoms with E-state index in [-0.39, 0.29) is 0 Å². The third kappa shape index (κ3) is 1.25. The molecule has 2 heterocycles. The van der Waals surface area contributed by atoms with Crippen molar-refractivity contribution in [3.05, 3.63) is 28.9 Å². The summed E-state index contributed by atoms with van der Waals surface area (Å²) in [6.07, 6.45) is 0.828. The number of ether oxygens (including phenoxy) is 2. The van der Waals surface area contributed by atoms with Gasteiger partial charge in [0.1, 0.15) is 22.2 Å². The number of benzene rings is 1. The lowest BCUT2D eigenvalue weighted by Gasteiger charge is -2.08. The zero-order chi connectivity index (χ0) is 11.1. The largest absolute Gasteiger partial charge is 0.494 e. The van der Waals surface area contributed by atoms with E-state index in [0.717, 1.165) is 34.4 Å². The van der Waals surface area contributed by atoms with Crippen LogP contribution in [0.2, 0.25) is 5.15 Å². The third-order valence-corrected chi connectivity index (χ3v) is 3.11. The Labute approximate surface area is 98.0 Å². The molecule has 0 aliphatic carbocycles. The molecule has 3 nitrogen and oxygen atoms in total. The highest BCUT2D eigenvalue weighted by atomic mass is 35.5. The lowest BCUT2D eigenvalue weighted by Crippen LogP contribution is -1.91. The van der Waals surface area contributed by atoms with E-state index in [1.165, 1.54) is 0 Å². The van der Waals surface area contributed by atoms with Crippen LogP contribution in [0.5, 0.6) is 11.5 Å². The highest BCUT2D eigenvalue weighted by Gasteiger charge is 2.21. The minimum atomic E-state index is 0.518. The van der Waals surface area contributed by atoms with Crippen molar-refractivity contribution in [2.45, 2.75) is 6.42 Å². The van der Waals surface area contributed by atoms with Crippen molar-refractivity contribution in [2.75, 3.05) is 13.7 Å². The first-order chi connectivity index (χ1) is 7.81. The summed E-state index contributed by atoms with van der Waals surface area (Å²) in [6, 6.07) is 5.77. The number of methoxy groups -OCH3 is 1. The smallest absolute Gasteiger partial charge is 0.145 e. The molecule has 0 fully saturated rings. The van der Waals surface area contributed by atoms with Crippen LogP contribution in [0.4, 0.5) is 0 Å². The molecule has 4 heteroatoms. The Hall–Kier alpha value is -1.48. The van der Waals surface area contributed by atoms with Gasteiger partial charge in [-0.15, -0.1) is 0 Å². The van der Waals surface area contributed by atoms with E-state index < -0.39 is 0 Å². The van der Waals surface area contributed by atoms with Gasteiger partial charge in [-0.2, -0.15) is 0 Å². The first-order valence-corrected chi connectivity index (χ1v) is 5.47. The zero-order valence-electron chi connectivity index (χ0n) is 8.79. The molecule has 16 heavy (non-hydrogen) atoms. The van der Waals surface area contributed by atoms with Crippen molar-refractivity contribution >= 4 is 22.5 Å². The number of aromatic nitrogens is 1. The van der Waals surface area contributed by atoms with Gasteiger partial charge in [-0.25, -0.2) is 4.98 Å². The number of nitrogens with zero attached hydrogens (tertiary/aromatic N) is 1. The molecule has 0 atom stereocenters. The Morgan fingerprint density at radius 1 is 1.44 bits per heavy atom. The molecule has 0 unspecified atom stereocenters. The fourth-order valence-electron chi connectivity index (χ4n) is 2.04. The molecule has 0 spiro atoms. The van der Waals surface area contributed by atoms with Crippen LogP contribution in [0, 0.1) is 0 Å². The molecule has 0 N–H and O–H groups in total. The van der Waals surface area contributed by atoms with Crippen LogP contribution in [0.15, 0.2) is 18.2 Å². The van der Waals surface area contributed by atoms with Gasteiger partial charge in [0.15, 0.2) is 0 Å². The third-order valence-electron chi connectivity index (χ3n) is 2.80. The van der Waals surface area contributed by atoms with E-state index in [9.17, 15) is 0 Å². The minimum Gasteiger partial charge on any atom is -0.494 e. The Morgan fingerprint density at radius 2 is 2.31 bits per heavy atom. The number of rotatable bonds is 1. The fourth-order valence-corrected chi connectivity index (χ4v) is 2.31. The number of hydrogen-bond donors (Lipinski definition) is 0. The van der Waals surface area contributed by atoms with E-state index in [2.05, 4.69) is 4.98 Å². The van der Waals surface area contributed by atoms with Gasteiger partial charge in [0.2, 0.25) is 0 Å². The number of hydrogen-bond acceptors (Lipinski definition) is 3. The maximum atomic E-state index is 6.13. The van der Waals surface area contributed by atoms with Crippen molar-refractivity contribution in [1.82, 2.24) is 4.98 Å². The SMILES string of the molecule is COc1cccc2c3c(c(Cl)nc12)CCO3. The zero-order valence-corrected chi connectivity index (χ0v) is 9.54. The molecule has 0 radical (unpaired) electrons. The molecule has 1 aliphatic heterocycles. The molecule has 0 bridgehead atoms. The van der Waals surface area contributed by atoms with Gasteiger partial charge in [-0.3, -0.25) is 0 Å². The second-order valence-corrected chi connectivity index (χ2v) is 4.02. The molecule has 0 saturated heterocycles. The number of pyridine rings is 1. The highest BCUT2D eigenvalue weighted by Crippen LogP contribution is 2.39. The van der Waals surface area contributed by atoms with Gasteiger partial charge in [0, 0.05) is 17.4 Å². The maximum absolute atomic E-state index is 6.13. The topological polar surface area (TPSA) is 31.4 Å². The standard InChI is InChI=1S/C12H10ClNO2/c1-15-9-4-2-3-7-10(9)14-12(13)8-5-6-16-11(7)8/h2-4H,5-6H2,1H3. The van der Waals surface area contributed by atoms with Crippen LogP contribution >= 0.6 is 11.6 Å². The van der Waals surface area contributed by atoms with Crippen LogP contribution in [0.3, 0.4) is 0 Å². The van der Waals surface area contributed by atoms with Crippen molar-refractivity contribution in [1.29, 1.82) is 0 Å². The molecule has 1 aliphatic rings. The van der Waals surface area contributed by atoms with Gasteiger partial charge in [0.05, 0.1) is 13.7 Å². The molecule has 0 saturated carbocycles. The Balaban J connectivity index is 2.42. The van der Waals surface area contributed by atoms with Crippen molar-refractivity contribution in [3.8, 4) is 11.5 Å². The van der Waals surface area contributed by atoms with E-state index in [1.54, 1.807) is 7.11 Å². The van der Waals surface area contributed by atoms with Crippen molar-refractivity contribution < 1.29 is 9.47 Å². The summed E-state index contributed by atoms with van der Waals surface area (Å²) >= 11 is 6.13. The lowest BCUT2D eigenvalue weighted by molar-refractivity contribution is 0.360. The Kier molecular flexibility index (Phi) is 2.14. The monoisotopic (exact) mass is 235 g/mol. The van der Waals surface area contributed by atoms with Crippen LogP contribution in [0.1, 0.15) is 5.56 Å². The van der Waals surface area contributed by atoms with Gasteiger partial charge >= 0.3 is 0 Å². The molecule has 3 rings (SSSR count). The van der Waals surface area contributed by atoms with Gasteiger partial charge in [-0.1, -0.05) is 17.7 Å². The van der Waals surface area contributed by atoms with Crippen LogP contribution in [-0.2, 0) is 6.42 Å². The van der Waals surface area contributed by atoms with E-state index >= 15 is 0 Å². The van der Waals surface area contributed by atoms with Crippen molar-refractivity contribution in [3.63, 3.8) is 0 Å². The van der Waals surface area contributed by atoms with Gasteiger partial charge in [-0.05, 0) is 12.1 Å². The molecular formula is C12H10ClNO2. The molecule has 0 amide bonds. The predicted molar refractivity (Wildman–Crippen MR) is 62.5 cm³/mol. The fraction of sp³-hybridized carbons (Fsp3) is 0.250. The average Bonchev–Trinajstić information content (AvgIpc) is 2.78. The molecule has 1 aromatic carbocycles. The van der Waals surface area contributed by atoms with E-state index in [1.807, 2.05) is 18.2 Å². The minimum absolute atomic E-state index is 0.518. The lowest BCUT2D eigenvalue weighted by atomic mass is 10.1. The summed E-state index contributed by atoms with van der Waals surface area (Å²) in [7, 11) is 1.62. The summed E-state index contributed by atoms with van der Waals surface area (Å²) in [5.41, 5.74) is 1.76. The summed E-state index contributed by atoms with van der Waals surface area (Å²) in [5, 5.41) is 1.49. The normalized spacial score (nSPS) is 13.6. The molecule has 2 aromatic rings. The molecule has 82 valence electrons. The summed E-state index contributed by atoms with van der Waals surface area (Å²) < 4.78 is 10.9. The first-order valence-electron chi connectivity index (χ1n) is 5.09. The summed E-state index contributed by atoms with van der Waals surface area (Å²) in [5.74, 6) is 1.58. The molecule has 1 aromatic heterocycles. The van der Waals surface area contributed by atoms with Gasteiger partial charge in [0.25, 0.3) is 0 Å². The van der Waals surface area contributed by atoms with Crippen molar-refractivity contribution in [2.24, 2.45) is 0 Å². The summed E-state index contributed by atoms with van der Waals surface area (Å²) in [6.45, 7) is 0.674. The van der Waals surface area contributed by atoms with E-state index in [0.29, 0.717) is 11.8 Å². The van der Waals surface area contributed by atoms with Crippen LogP contribution < -0.4 is 9.47 Å². The van der Waals surface area contributed by atoms with Gasteiger partial charge < -0.3 is 9.47 Å². The predicted octanol–water partition coefficient (Wildman–Crippen LogP) is 2.83. The number of para-hydroxylation sites is 1. The second kappa shape index (κ2) is 3.52. The maximum Gasteiger partial charge on any atom is 0.145 e. The second-order valence-electron chi connectivity index (χ2n) is 3.67. The van der Waals surface area contributed by atoms with Crippen LogP contribution in [0.25, 0.3) is 10.9 Å². The van der Waals surface area contributed by atoms with Crippen LogP contribution in [-0.4, -0.2) is 18.7 Å². The summed E-state index contributed by atoms with van der Waals surface area (Å²) in [4.78, 5) is 4.38. The first kappa shape index (κ1) is 9.73. The number of halogens is 1. The van der Waals surface area contributed by atoms with E-state index in [4.69, 9.17) is 21.1 Å². The average molecular weight is 236 g/mol. The highest BCUT2D eigenvalue weighted by molar-refractivity contribution is 6.31. The molecular weight excluding hydrogens is 226 g/mol. The Bertz CT molecular complexity index is 568. The quantitative estimate of drug-likeness (QED) is 0.713. The number of fused-ring (bicyclic) bond motifs is 3.